The Morgan fingerprint density at radius 3 is 1.41 bits per heavy atom. The molecule has 9 heteroatoms. The molecule has 0 rings (SSSR count). The molecule has 100 valence electrons. The van der Waals surface area contributed by atoms with Crippen LogP contribution in [0.2, 0.25) is 0 Å². The molecule has 0 unspecified atom stereocenters. The minimum absolute atomic E-state index is 0.116. The highest BCUT2D eigenvalue weighted by molar-refractivity contribution is 7.80. The van der Waals surface area contributed by atoms with E-state index in [0.717, 1.165) is 5.71 Å². The Labute approximate surface area is 112 Å². The molecular formula is C8H20N6OS2. The van der Waals surface area contributed by atoms with Gasteiger partial charge in [-0.05, 0) is 52.1 Å². The first kappa shape index (κ1) is 21.0. The number of Topliss-reactive ketones (excluding diaryl/α,β-unsaturated/α-hetero) is 1. The monoisotopic (exact) mass is 280 g/mol. The SMILES string of the molecule is CC(C)=NNC(N)=S.CC(C)=O.NNC(N)=S. The molecule has 0 radical (unpaired) electrons. The topological polar surface area (TPSA) is 132 Å². The maximum Gasteiger partial charge on any atom is 0.184 e. The molecule has 0 saturated carbocycles. The highest BCUT2D eigenvalue weighted by Crippen LogP contribution is 1.67. The summed E-state index contributed by atoms with van der Waals surface area (Å²) in [4.78, 5) is 9.44. The normalized spacial score (nSPS) is 7.12. The lowest BCUT2D eigenvalue weighted by Crippen LogP contribution is -2.34. The lowest BCUT2D eigenvalue weighted by atomic mass is 10.5. The number of nitrogens with zero attached hydrogens (tertiary/aromatic N) is 1. The van der Waals surface area contributed by atoms with E-state index < -0.39 is 0 Å². The molecule has 0 saturated heterocycles. The second-order valence-corrected chi connectivity index (χ2v) is 3.83. The first-order valence-electron chi connectivity index (χ1n) is 4.43. The second kappa shape index (κ2) is 14.7. The van der Waals surface area contributed by atoms with Gasteiger partial charge in [-0.1, -0.05) is 0 Å². The van der Waals surface area contributed by atoms with Gasteiger partial charge in [-0.15, -0.1) is 0 Å². The van der Waals surface area contributed by atoms with Crippen LogP contribution in [0.5, 0.6) is 0 Å². The summed E-state index contributed by atoms with van der Waals surface area (Å²) in [6.45, 7) is 6.76. The van der Waals surface area contributed by atoms with Gasteiger partial charge in [-0.25, -0.2) is 5.84 Å². The van der Waals surface area contributed by atoms with Crippen LogP contribution in [0.3, 0.4) is 0 Å². The molecule has 0 bridgehead atoms. The van der Waals surface area contributed by atoms with E-state index in [0.29, 0.717) is 0 Å². The van der Waals surface area contributed by atoms with E-state index in [-0.39, 0.29) is 16.0 Å². The fraction of sp³-hybridized carbons (Fsp3) is 0.500. The predicted octanol–water partition coefficient (Wildman–Crippen LogP) is -0.496. The highest BCUT2D eigenvalue weighted by Gasteiger charge is 1.78. The van der Waals surface area contributed by atoms with Crippen LogP contribution >= 0.6 is 24.4 Å². The average molecular weight is 280 g/mol. The van der Waals surface area contributed by atoms with Gasteiger partial charge < -0.3 is 21.7 Å². The minimum atomic E-state index is 0.116. The molecular weight excluding hydrogens is 260 g/mol. The van der Waals surface area contributed by atoms with Gasteiger partial charge in [0, 0.05) is 5.71 Å². The van der Waals surface area contributed by atoms with Crippen molar-refractivity contribution in [2.24, 2.45) is 22.4 Å². The molecule has 0 aromatic heterocycles. The number of hydrazone groups is 1. The molecule has 0 amide bonds. The van der Waals surface area contributed by atoms with E-state index in [1.54, 1.807) is 0 Å². The van der Waals surface area contributed by atoms with Gasteiger partial charge in [0.05, 0.1) is 0 Å². The first-order chi connectivity index (χ1) is 7.63. The van der Waals surface area contributed by atoms with Gasteiger partial charge in [0.25, 0.3) is 0 Å². The quantitative estimate of drug-likeness (QED) is 0.188. The van der Waals surface area contributed by atoms with Crippen molar-refractivity contribution in [3.8, 4) is 0 Å². The van der Waals surface area contributed by atoms with Crippen LogP contribution in [0, 0.1) is 0 Å². The summed E-state index contributed by atoms with van der Waals surface area (Å²) in [7, 11) is 0. The van der Waals surface area contributed by atoms with Crippen LogP contribution in [0.25, 0.3) is 0 Å². The Balaban J connectivity index is -0.000000188. The summed E-state index contributed by atoms with van der Waals surface area (Å²) >= 11 is 8.71. The smallest absolute Gasteiger partial charge is 0.184 e. The number of hydrogen-bond acceptors (Lipinski definition) is 5. The Kier molecular flexibility index (Phi) is 18.1. The number of nitrogens with two attached hydrogens (primary N) is 3. The van der Waals surface area contributed by atoms with Crippen molar-refractivity contribution in [3.05, 3.63) is 0 Å². The van der Waals surface area contributed by atoms with Gasteiger partial charge in [0.1, 0.15) is 5.78 Å². The summed E-state index contributed by atoms with van der Waals surface area (Å²) in [6.07, 6.45) is 0. The zero-order valence-electron chi connectivity index (χ0n) is 10.4. The van der Waals surface area contributed by atoms with Crippen LogP contribution in [0.4, 0.5) is 0 Å². The van der Waals surface area contributed by atoms with E-state index in [1.807, 2.05) is 19.3 Å². The molecule has 8 N–H and O–H groups in total. The number of thiocarbonyl (C=S) groups is 2. The van der Waals surface area contributed by atoms with Crippen molar-refractivity contribution in [2.45, 2.75) is 27.7 Å². The Hall–Kier alpha value is -1.32. The number of nitrogens with one attached hydrogen (secondary N) is 2. The average Bonchev–Trinajstić information content (AvgIpc) is 2.14. The summed E-state index contributed by atoms with van der Waals surface area (Å²) < 4.78 is 0. The van der Waals surface area contributed by atoms with Crippen molar-refractivity contribution in [3.63, 3.8) is 0 Å². The lowest BCUT2D eigenvalue weighted by Gasteiger charge is -1.93. The molecule has 0 aliphatic rings. The van der Waals surface area contributed by atoms with Crippen LogP contribution in [-0.4, -0.2) is 21.7 Å². The van der Waals surface area contributed by atoms with E-state index in [4.69, 9.17) is 11.5 Å². The highest BCUT2D eigenvalue weighted by atomic mass is 32.1. The molecule has 7 nitrogen and oxygen atoms in total. The number of hydrazine groups is 1. The third-order valence-corrected chi connectivity index (χ3v) is 0.741. The molecule has 17 heavy (non-hydrogen) atoms. The maximum atomic E-state index is 9.44. The van der Waals surface area contributed by atoms with Crippen molar-refractivity contribution in [2.75, 3.05) is 0 Å². The molecule has 0 atom stereocenters. The molecule has 0 aromatic carbocycles. The fourth-order valence-electron chi connectivity index (χ4n) is 0.167. The zero-order chi connectivity index (χ0) is 14.4. The van der Waals surface area contributed by atoms with Crippen molar-refractivity contribution in [1.29, 1.82) is 0 Å². The zero-order valence-corrected chi connectivity index (χ0v) is 12.0. The fourth-order valence-corrected chi connectivity index (χ4v) is 0.213. The van der Waals surface area contributed by atoms with E-state index >= 15 is 0 Å². The second-order valence-electron chi connectivity index (χ2n) is 2.95. The van der Waals surface area contributed by atoms with Gasteiger partial charge in [-0.2, -0.15) is 5.10 Å². The lowest BCUT2D eigenvalue weighted by molar-refractivity contribution is -0.114. The molecule has 0 heterocycles. The molecule has 0 spiro atoms. The van der Waals surface area contributed by atoms with E-state index in [9.17, 15) is 4.79 Å². The number of carbonyl (C=O) groups is 1. The Morgan fingerprint density at radius 1 is 1.06 bits per heavy atom. The van der Waals surface area contributed by atoms with E-state index in [1.165, 1.54) is 13.8 Å². The molecule has 0 aliphatic carbocycles. The van der Waals surface area contributed by atoms with Gasteiger partial charge >= 0.3 is 0 Å². The van der Waals surface area contributed by atoms with Gasteiger partial charge in [0.2, 0.25) is 0 Å². The number of carbonyl (C=O) groups excluding carboxylic acids is 1. The van der Waals surface area contributed by atoms with E-state index in [2.05, 4.69) is 40.8 Å². The van der Waals surface area contributed by atoms with Gasteiger partial charge in [-0.3, -0.25) is 5.43 Å². The summed E-state index contributed by atoms with van der Waals surface area (Å²) in [5, 5.41) is 4.04. The van der Waals surface area contributed by atoms with Crippen LogP contribution in [0.15, 0.2) is 5.10 Å². The summed E-state index contributed by atoms with van der Waals surface area (Å²) in [5.74, 6) is 4.82. The van der Waals surface area contributed by atoms with Crippen LogP contribution in [-0.2, 0) is 4.79 Å². The third-order valence-electron chi connectivity index (χ3n) is 0.532. The Morgan fingerprint density at radius 2 is 1.35 bits per heavy atom. The number of ketones is 1. The van der Waals surface area contributed by atoms with Crippen molar-refractivity contribution >= 4 is 46.2 Å². The maximum absolute atomic E-state index is 9.44. The van der Waals surface area contributed by atoms with Crippen molar-refractivity contribution in [1.82, 2.24) is 10.9 Å². The van der Waals surface area contributed by atoms with Crippen LogP contribution in [0.1, 0.15) is 27.7 Å². The standard InChI is InChI=1S/C4H9N3S.C3H6O.CH5N3S/c1-3(2)6-7-4(5)8;1-3(2)4;2-1(5)4-3/h1-2H3,(H3,5,7,8);1-2H3;3H2,(H3,2,4,5). The van der Waals surface area contributed by atoms with Crippen molar-refractivity contribution < 1.29 is 4.79 Å². The molecule has 0 aliphatic heterocycles. The molecule has 0 aromatic rings. The molecule has 0 fully saturated rings. The van der Waals surface area contributed by atoms with Crippen LogP contribution < -0.4 is 28.2 Å². The Bertz CT molecular complexity index is 271. The third kappa shape index (κ3) is 73.2. The summed E-state index contributed by atoms with van der Waals surface area (Å²) in [5.41, 5.74) is 15.2. The first-order valence-corrected chi connectivity index (χ1v) is 5.24. The number of hydrogen-bond donors (Lipinski definition) is 5. The minimum Gasteiger partial charge on any atom is -0.375 e. The summed E-state index contributed by atoms with van der Waals surface area (Å²) in [6, 6.07) is 0. The largest absolute Gasteiger partial charge is 0.375 e. The van der Waals surface area contributed by atoms with Gasteiger partial charge in [0.15, 0.2) is 10.2 Å². The predicted molar refractivity (Wildman–Crippen MR) is 79.2 cm³/mol. The number of rotatable bonds is 1.